The summed E-state index contributed by atoms with van der Waals surface area (Å²) in [6, 6.07) is 5.90. The zero-order valence-electron chi connectivity index (χ0n) is 12.0. The van der Waals surface area contributed by atoms with Gasteiger partial charge in [-0.1, -0.05) is 17.7 Å². The second-order valence-corrected chi connectivity index (χ2v) is 5.68. The predicted octanol–water partition coefficient (Wildman–Crippen LogP) is 0.794. The number of carboxylic acid groups (broad SMARTS) is 1. The van der Waals surface area contributed by atoms with Crippen molar-refractivity contribution >= 4 is 29.5 Å². The summed E-state index contributed by atoms with van der Waals surface area (Å²) < 4.78 is 0. The summed E-state index contributed by atoms with van der Waals surface area (Å²) >= 11 is 1.32. The van der Waals surface area contributed by atoms with Crippen LogP contribution < -0.4 is 5.73 Å². The standard InChI is InChI=1S/C14H18N2O4S/c1-9-3-4-10(2)11(5-9)21-8-13(18)16(6-12(15)17)7-14(19)20/h3-5H,6-8H2,1-2H3,(H2,15,17)(H,19,20). The maximum atomic E-state index is 12.0. The lowest BCUT2D eigenvalue weighted by Crippen LogP contribution is -2.42. The first-order valence-electron chi connectivity index (χ1n) is 6.27. The van der Waals surface area contributed by atoms with Gasteiger partial charge in [-0.3, -0.25) is 14.4 Å². The molecule has 0 aliphatic carbocycles. The first-order valence-corrected chi connectivity index (χ1v) is 7.26. The Hall–Kier alpha value is -2.02. The number of carbonyl (C=O) groups excluding carboxylic acids is 2. The molecular weight excluding hydrogens is 292 g/mol. The molecule has 0 fully saturated rings. The Balaban J connectivity index is 2.70. The van der Waals surface area contributed by atoms with Crippen molar-refractivity contribution in [3.05, 3.63) is 29.3 Å². The van der Waals surface area contributed by atoms with Gasteiger partial charge in [0.15, 0.2) is 0 Å². The van der Waals surface area contributed by atoms with Gasteiger partial charge in [-0.15, -0.1) is 11.8 Å². The van der Waals surface area contributed by atoms with Crippen LogP contribution in [0.25, 0.3) is 0 Å². The van der Waals surface area contributed by atoms with Gasteiger partial charge in [0.1, 0.15) is 6.54 Å². The number of primary amides is 1. The molecule has 21 heavy (non-hydrogen) atoms. The molecule has 0 bridgehead atoms. The summed E-state index contributed by atoms with van der Waals surface area (Å²) in [7, 11) is 0. The minimum Gasteiger partial charge on any atom is -0.480 e. The smallest absolute Gasteiger partial charge is 0.323 e. The number of hydrogen-bond donors (Lipinski definition) is 2. The first-order chi connectivity index (χ1) is 9.79. The number of nitrogens with two attached hydrogens (primary N) is 1. The fourth-order valence-electron chi connectivity index (χ4n) is 1.68. The van der Waals surface area contributed by atoms with Gasteiger partial charge in [-0.25, -0.2) is 0 Å². The highest BCUT2D eigenvalue weighted by atomic mass is 32.2. The summed E-state index contributed by atoms with van der Waals surface area (Å²) in [5.41, 5.74) is 7.14. The number of aryl methyl sites for hydroxylation is 2. The van der Waals surface area contributed by atoms with E-state index in [1.54, 1.807) is 0 Å². The van der Waals surface area contributed by atoms with Crippen LogP contribution in [0.1, 0.15) is 11.1 Å². The molecule has 0 aliphatic rings. The Kier molecular flexibility index (Phi) is 6.23. The van der Waals surface area contributed by atoms with Crippen LogP contribution in [0.5, 0.6) is 0 Å². The second kappa shape index (κ2) is 7.68. The number of benzene rings is 1. The Labute approximate surface area is 127 Å². The highest BCUT2D eigenvalue weighted by molar-refractivity contribution is 8.00. The molecule has 0 spiro atoms. The Morgan fingerprint density at radius 2 is 1.90 bits per heavy atom. The predicted molar refractivity (Wildman–Crippen MR) is 80.1 cm³/mol. The van der Waals surface area contributed by atoms with Crippen LogP contribution in [-0.4, -0.2) is 46.6 Å². The fraction of sp³-hybridized carbons (Fsp3) is 0.357. The van der Waals surface area contributed by atoms with E-state index in [1.165, 1.54) is 11.8 Å². The van der Waals surface area contributed by atoms with E-state index in [1.807, 2.05) is 32.0 Å². The lowest BCUT2D eigenvalue weighted by molar-refractivity contribution is -0.144. The topological polar surface area (TPSA) is 101 Å². The van der Waals surface area contributed by atoms with E-state index in [4.69, 9.17) is 10.8 Å². The molecule has 0 atom stereocenters. The van der Waals surface area contributed by atoms with Crippen LogP contribution in [0.4, 0.5) is 0 Å². The van der Waals surface area contributed by atoms with Crippen LogP contribution in [0.2, 0.25) is 0 Å². The third kappa shape index (κ3) is 5.86. The Morgan fingerprint density at radius 3 is 2.48 bits per heavy atom. The summed E-state index contributed by atoms with van der Waals surface area (Å²) in [5, 5.41) is 8.76. The average molecular weight is 310 g/mol. The van der Waals surface area contributed by atoms with Gasteiger partial charge in [-0.2, -0.15) is 0 Å². The molecule has 6 nitrogen and oxygen atoms in total. The molecule has 7 heteroatoms. The molecule has 114 valence electrons. The van der Waals surface area contributed by atoms with E-state index >= 15 is 0 Å². The quantitative estimate of drug-likeness (QED) is 0.725. The lowest BCUT2D eigenvalue weighted by atomic mass is 10.2. The number of carboxylic acids is 1. The van der Waals surface area contributed by atoms with Crippen molar-refractivity contribution in [2.24, 2.45) is 5.73 Å². The molecule has 1 rings (SSSR count). The van der Waals surface area contributed by atoms with Crippen molar-refractivity contribution in [1.82, 2.24) is 4.90 Å². The van der Waals surface area contributed by atoms with Crippen molar-refractivity contribution in [2.45, 2.75) is 18.7 Å². The number of thioether (sulfide) groups is 1. The molecule has 1 aromatic carbocycles. The van der Waals surface area contributed by atoms with E-state index in [9.17, 15) is 14.4 Å². The van der Waals surface area contributed by atoms with Crippen LogP contribution in [0.15, 0.2) is 23.1 Å². The lowest BCUT2D eigenvalue weighted by Gasteiger charge is -2.19. The average Bonchev–Trinajstić information content (AvgIpc) is 2.37. The molecule has 0 heterocycles. The van der Waals surface area contributed by atoms with Gasteiger partial charge in [-0.05, 0) is 25.5 Å². The molecule has 0 radical (unpaired) electrons. The number of hydrogen-bond acceptors (Lipinski definition) is 4. The normalized spacial score (nSPS) is 10.2. The summed E-state index contributed by atoms with van der Waals surface area (Å²) in [4.78, 5) is 35.5. The Bertz CT molecular complexity index is 544. The van der Waals surface area contributed by atoms with Gasteiger partial charge in [0, 0.05) is 4.90 Å². The van der Waals surface area contributed by atoms with E-state index in [2.05, 4.69) is 0 Å². The third-order valence-corrected chi connectivity index (χ3v) is 3.86. The maximum absolute atomic E-state index is 12.0. The Morgan fingerprint density at radius 1 is 1.24 bits per heavy atom. The first kappa shape index (κ1) is 17.0. The molecule has 0 saturated carbocycles. The van der Waals surface area contributed by atoms with Crippen LogP contribution in [0.3, 0.4) is 0 Å². The van der Waals surface area contributed by atoms with Gasteiger partial charge in [0.05, 0.1) is 12.3 Å². The minimum atomic E-state index is -1.18. The summed E-state index contributed by atoms with van der Waals surface area (Å²) in [6.07, 6.45) is 0. The highest BCUT2D eigenvalue weighted by Crippen LogP contribution is 2.23. The number of amides is 2. The second-order valence-electron chi connectivity index (χ2n) is 4.67. The van der Waals surface area contributed by atoms with Gasteiger partial charge in [0.2, 0.25) is 11.8 Å². The largest absolute Gasteiger partial charge is 0.480 e. The maximum Gasteiger partial charge on any atom is 0.323 e. The number of nitrogens with zero attached hydrogens (tertiary/aromatic N) is 1. The van der Waals surface area contributed by atoms with Crippen LogP contribution in [-0.2, 0) is 14.4 Å². The van der Waals surface area contributed by atoms with Gasteiger partial charge in [0.25, 0.3) is 0 Å². The summed E-state index contributed by atoms with van der Waals surface area (Å²) in [6.45, 7) is 2.97. The van der Waals surface area contributed by atoms with E-state index in [0.717, 1.165) is 20.9 Å². The summed E-state index contributed by atoms with van der Waals surface area (Å²) in [5.74, 6) is -2.28. The van der Waals surface area contributed by atoms with Gasteiger partial charge < -0.3 is 15.7 Å². The van der Waals surface area contributed by atoms with E-state index < -0.39 is 30.9 Å². The number of carbonyl (C=O) groups is 3. The molecular formula is C14H18N2O4S. The SMILES string of the molecule is Cc1ccc(C)c(SCC(=O)N(CC(N)=O)CC(=O)O)c1. The molecule has 0 unspecified atom stereocenters. The number of rotatable bonds is 7. The van der Waals surface area contributed by atoms with E-state index in [0.29, 0.717) is 0 Å². The van der Waals surface area contributed by atoms with Crippen molar-refractivity contribution in [3.63, 3.8) is 0 Å². The van der Waals surface area contributed by atoms with Crippen LogP contribution in [0, 0.1) is 13.8 Å². The number of aliphatic carboxylic acids is 1. The molecule has 2 amide bonds. The van der Waals surface area contributed by atoms with Crippen LogP contribution >= 0.6 is 11.8 Å². The monoisotopic (exact) mass is 310 g/mol. The van der Waals surface area contributed by atoms with Crippen molar-refractivity contribution < 1.29 is 19.5 Å². The van der Waals surface area contributed by atoms with Crippen molar-refractivity contribution in [2.75, 3.05) is 18.8 Å². The molecule has 0 aromatic heterocycles. The molecule has 3 N–H and O–H groups in total. The zero-order chi connectivity index (χ0) is 16.0. The molecule has 1 aromatic rings. The van der Waals surface area contributed by atoms with Crippen molar-refractivity contribution in [1.29, 1.82) is 0 Å². The zero-order valence-corrected chi connectivity index (χ0v) is 12.8. The molecule has 0 saturated heterocycles. The minimum absolute atomic E-state index is 0.0604. The molecule has 0 aliphatic heterocycles. The van der Waals surface area contributed by atoms with Crippen molar-refractivity contribution in [3.8, 4) is 0 Å². The van der Waals surface area contributed by atoms with E-state index in [-0.39, 0.29) is 5.75 Å². The van der Waals surface area contributed by atoms with Gasteiger partial charge >= 0.3 is 5.97 Å². The third-order valence-electron chi connectivity index (χ3n) is 2.72. The fourth-order valence-corrected chi connectivity index (χ4v) is 2.70. The highest BCUT2D eigenvalue weighted by Gasteiger charge is 2.19.